The van der Waals surface area contributed by atoms with Gasteiger partial charge in [-0.05, 0) is 40.2 Å². The number of rotatable bonds is 4. The molecule has 130 valence electrons. The Morgan fingerprint density at radius 2 is 2.00 bits per heavy atom. The van der Waals surface area contributed by atoms with Crippen molar-refractivity contribution < 1.29 is 18.4 Å². The maximum atomic E-state index is 12.1. The highest BCUT2D eigenvalue weighted by Gasteiger charge is 2.16. The van der Waals surface area contributed by atoms with Crippen molar-refractivity contribution in [1.29, 1.82) is 0 Å². The number of ether oxygens (including phenoxy) is 1. The third-order valence-corrected chi connectivity index (χ3v) is 5.03. The van der Waals surface area contributed by atoms with Crippen LogP contribution in [0.5, 0.6) is 0 Å². The van der Waals surface area contributed by atoms with E-state index in [-0.39, 0.29) is 23.7 Å². The van der Waals surface area contributed by atoms with Gasteiger partial charge < -0.3 is 13.6 Å². The SMILES string of the molecule is O=C(OCc1nnc(-c2ccc(Br)s2)o1)c1cc(=O)c2ccccc2o1. The van der Waals surface area contributed by atoms with Crippen LogP contribution in [0.2, 0.25) is 0 Å². The van der Waals surface area contributed by atoms with Gasteiger partial charge in [-0.2, -0.15) is 0 Å². The van der Waals surface area contributed by atoms with Crippen LogP contribution < -0.4 is 5.43 Å². The maximum Gasteiger partial charge on any atom is 0.374 e. The molecule has 0 aliphatic heterocycles. The van der Waals surface area contributed by atoms with Gasteiger partial charge in [0.15, 0.2) is 12.0 Å². The number of halogens is 1. The lowest BCUT2D eigenvalue weighted by Gasteiger charge is -2.02. The summed E-state index contributed by atoms with van der Waals surface area (Å²) in [5, 5.41) is 8.15. The lowest BCUT2D eigenvalue weighted by atomic mass is 10.2. The van der Waals surface area contributed by atoms with Gasteiger partial charge in [0.05, 0.1) is 14.0 Å². The molecule has 0 saturated carbocycles. The number of carbonyl (C=O) groups is 1. The lowest BCUT2D eigenvalue weighted by Crippen LogP contribution is -2.10. The van der Waals surface area contributed by atoms with E-state index >= 15 is 0 Å². The van der Waals surface area contributed by atoms with Crippen LogP contribution in [0, 0.1) is 0 Å². The Morgan fingerprint density at radius 3 is 2.81 bits per heavy atom. The predicted molar refractivity (Wildman–Crippen MR) is 96.9 cm³/mol. The normalized spacial score (nSPS) is 11.0. The van der Waals surface area contributed by atoms with Gasteiger partial charge in [-0.3, -0.25) is 4.79 Å². The van der Waals surface area contributed by atoms with Crippen LogP contribution in [0.25, 0.3) is 21.7 Å². The maximum absolute atomic E-state index is 12.1. The molecular weight excluding hydrogens is 424 g/mol. The van der Waals surface area contributed by atoms with E-state index < -0.39 is 5.97 Å². The van der Waals surface area contributed by atoms with Gasteiger partial charge in [0, 0.05) is 6.07 Å². The van der Waals surface area contributed by atoms with Gasteiger partial charge in [-0.25, -0.2) is 4.79 Å². The third kappa shape index (κ3) is 3.31. The highest BCUT2D eigenvalue weighted by Crippen LogP contribution is 2.30. The van der Waals surface area contributed by atoms with Crippen molar-refractivity contribution in [3.63, 3.8) is 0 Å². The second-order valence-corrected chi connectivity index (χ2v) is 7.61. The first kappa shape index (κ1) is 16.7. The van der Waals surface area contributed by atoms with Crippen LogP contribution in [-0.4, -0.2) is 16.2 Å². The van der Waals surface area contributed by atoms with E-state index in [9.17, 15) is 9.59 Å². The number of fused-ring (bicyclic) bond motifs is 1. The largest absolute Gasteiger partial charge is 0.450 e. The number of para-hydroxylation sites is 1. The zero-order chi connectivity index (χ0) is 18.1. The van der Waals surface area contributed by atoms with Crippen LogP contribution in [0.15, 0.2) is 59.9 Å². The summed E-state index contributed by atoms with van der Waals surface area (Å²) in [7, 11) is 0. The summed E-state index contributed by atoms with van der Waals surface area (Å²) < 4.78 is 16.9. The van der Waals surface area contributed by atoms with Crippen molar-refractivity contribution in [3.05, 3.63) is 68.1 Å². The smallest absolute Gasteiger partial charge is 0.374 e. The summed E-state index contributed by atoms with van der Waals surface area (Å²) in [5.74, 6) is -0.493. The van der Waals surface area contributed by atoms with Crippen LogP contribution in [0.4, 0.5) is 0 Å². The summed E-state index contributed by atoms with van der Waals surface area (Å²) >= 11 is 4.80. The van der Waals surface area contributed by atoms with E-state index in [1.807, 2.05) is 12.1 Å². The fourth-order valence-corrected chi connectivity index (χ4v) is 3.55. The molecule has 0 saturated heterocycles. The highest BCUT2D eigenvalue weighted by atomic mass is 79.9. The van der Waals surface area contributed by atoms with Crippen LogP contribution >= 0.6 is 27.3 Å². The van der Waals surface area contributed by atoms with Crippen LogP contribution in [0.3, 0.4) is 0 Å². The topological polar surface area (TPSA) is 95.4 Å². The first-order valence-electron chi connectivity index (χ1n) is 7.38. The molecule has 4 aromatic rings. The van der Waals surface area contributed by atoms with Crippen molar-refractivity contribution in [2.24, 2.45) is 0 Å². The number of esters is 1. The molecule has 3 aromatic heterocycles. The number of nitrogens with zero attached hydrogens (tertiary/aromatic N) is 2. The molecule has 0 fully saturated rings. The second-order valence-electron chi connectivity index (χ2n) is 5.15. The van der Waals surface area contributed by atoms with Crippen molar-refractivity contribution in [2.75, 3.05) is 0 Å². The first-order chi connectivity index (χ1) is 12.6. The highest BCUT2D eigenvalue weighted by molar-refractivity contribution is 9.11. The fourth-order valence-electron chi connectivity index (χ4n) is 2.24. The molecule has 3 heterocycles. The minimum atomic E-state index is -0.786. The molecule has 0 unspecified atom stereocenters. The summed E-state index contributed by atoms with van der Waals surface area (Å²) in [6.07, 6.45) is 0. The second kappa shape index (κ2) is 6.85. The van der Waals surface area contributed by atoms with Crippen molar-refractivity contribution in [2.45, 2.75) is 6.61 Å². The Hall–Kier alpha value is -2.78. The minimum absolute atomic E-state index is 0.140. The number of carbonyl (C=O) groups excluding carboxylic acids is 1. The summed E-state index contributed by atoms with van der Waals surface area (Å²) in [5.41, 5.74) is -0.00236. The first-order valence-corrected chi connectivity index (χ1v) is 8.99. The summed E-state index contributed by atoms with van der Waals surface area (Å²) in [4.78, 5) is 25.0. The van der Waals surface area contributed by atoms with Crippen LogP contribution in [-0.2, 0) is 11.3 Å². The number of aromatic nitrogens is 2. The van der Waals surface area contributed by atoms with E-state index in [2.05, 4.69) is 26.1 Å². The zero-order valence-electron chi connectivity index (χ0n) is 13.0. The van der Waals surface area contributed by atoms with Crippen LogP contribution in [0.1, 0.15) is 16.4 Å². The van der Waals surface area contributed by atoms with E-state index in [1.165, 1.54) is 11.3 Å². The van der Waals surface area contributed by atoms with Gasteiger partial charge in [-0.1, -0.05) is 12.1 Å². The summed E-state index contributed by atoms with van der Waals surface area (Å²) in [6, 6.07) is 11.5. The van der Waals surface area contributed by atoms with Crippen molar-refractivity contribution in [1.82, 2.24) is 10.2 Å². The average Bonchev–Trinajstić information content (AvgIpc) is 3.28. The van der Waals surface area contributed by atoms with E-state index in [1.54, 1.807) is 24.3 Å². The molecule has 1 aromatic carbocycles. The fraction of sp³-hybridized carbons (Fsp3) is 0.0588. The predicted octanol–water partition coefficient (Wildman–Crippen LogP) is 4.02. The Labute approximate surface area is 158 Å². The Kier molecular flexibility index (Phi) is 4.39. The van der Waals surface area contributed by atoms with Gasteiger partial charge in [-0.15, -0.1) is 21.5 Å². The third-order valence-electron chi connectivity index (χ3n) is 3.41. The molecular formula is C17H9BrN2O5S. The van der Waals surface area contributed by atoms with Gasteiger partial charge in [0.2, 0.25) is 5.76 Å². The minimum Gasteiger partial charge on any atom is -0.450 e. The number of benzene rings is 1. The van der Waals surface area contributed by atoms with E-state index in [0.717, 1.165) is 14.7 Å². The zero-order valence-corrected chi connectivity index (χ0v) is 15.4. The molecule has 0 aliphatic carbocycles. The lowest BCUT2D eigenvalue weighted by molar-refractivity contribution is 0.0403. The summed E-state index contributed by atoms with van der Waals surface area (Å²) in [6.45, 7) is -0.227. The van der Waals surface area contributed by atoms with Gasteiger partial charge in [0.25, 0.3) is 11.8 Å². The molecule has 0 spiro atoms. The average molecular weight is 433 g/mol. The van der Waals surface area contributed by atoms with Gasteiger partial charge >= 0.3 is 5.97 Å². The van der Waals surface area contributed by atoms with E-state index in [0.29, 0.717) is 16.9 Å². The molecule has 0 bridgehead atoms. The number of thiophene rings is 1. The van der Waals surface area contributed by atoms with Crippen molar-refractivity contribution >= 4 is 44.2 Å². The quantitative estimate of drug-likeness (QED) is 0.449. The van der Waals surface area contributed by atoms with E-state index in [4.69, 9.17) is 13.6 Å². The molecule has 0 amide bonds. The van der Waals surface area contributed by atoms with Crippen molar-refractivity contribution in [3.8, 4) is 10.8 Å². The van der Waals surface area contributed by atoms with Gasteiger partial charge in [0.1, 0.15) is 5.58 Å². The standard InChI is InChI=1S/C17H9BrN2O5S/c18-14-6-5-13(26-14)16-20-19-15(25-16)8-23-17(22)12-7-10(21)9-3-1-2-4-11(9)24-12/h1-7H,8H2. The Bertz CT molecular complexity index is 1160. The Balaban J connectivity index is 1.49. The molecule has 26 heavy (non-hydrogen) atoms. The Morgan fingerprint density at radius 1 is 1.15 bits per heavy atom. The number of hydrogen-bond acceptors (Lipinski definition) is 8. The molecule has 0 aliphatic rings. The molecule has 0 N–H and O–H groups in total. The molecule has 4 rings (SSSR count). The molecule has 0 atom stereocenters. The number of hydrogen-bond donors (Lipinski definition) is 0. The molecule has 7 nitrogen and oxygen atoms in total. The molecule has 0 radical (unpaired) electrons. The monoisotopic (exact) mass is 432 g/mol. The molecule has 9 heteroatoms.